The smallest absolute Gasteiger partial charge is 0.262 e. The number of halogens is 3. The van der Waals surface area contributed by atoms with E-state index in [9.17, 15) is 13.6 Å². The Hall–Kier alpha value is -2.85. The molecule has 3 aromatic rings. The van der Waals surface area contributed by atoms with Gasteiger partial charge in [-0.3, -0.25) is 9.20 Å². The first-order chi connectivity index (χ1) is 11.0. The lowest BCUT2D eigenvalue weighted by atomic mass is 10.2. The van der Waals surface area contributed by atoms with Gasteiger partial charge in [0.25, 0.3) is 5.56 Å². The molecule has 2 aromatic heterocycles. The van der Waals surface area contributed by atoms with Gasteiger partial charge in [0, 0.05) is 18.5 Å². The van der Waals surface area contributed by atoms with Gasteiger partial charge in [-0.25, -0.2) is 13.9 Å². The summed E-state index contributed by atoms with van der Waals surface area (Å²) in [5.74, 6) is 0.669. The summed E-state index contributed by atoms with van der Waals surface area (Å²) in [6, 6.07) is 2.92. The quantitative estimate of drug-likeness (QED) is 0.545. The molecule has 0 unspecified atom stereocenters. The van der Waals surface area contributed by atoms with Crippen LogP contribution < -0.4 is 10.3 Å². The summed E-state index contributed by atoms with van der Waals surface area (Å²) >= 11 is 5.89. The molecule has 0 saturated carbocycles. The third-order valence-electron chi connectivity index (χ3n) is 3.07. The fraction of sp³-hybridized carbons (Fsp3) is 0.0667. The molecule has 1 aromatic carbocycles. The van der Waals surface area contributed by atoms with E-state index in [2.05, 4.69) is 10.9 Å². The number of aromatic nitrogens is 3. The molecule has 0 bridgehead atoms. The molecule has 0 aliphatic heterocycles. The van der Waals surface area contributed by atoms with Crippen LogP contribution in [0.1, 0.15) is 0 Å². The van der Waals surface area contributed by atoms with Crippen molar-refractivity contribution in [3.05, 3.63) is 57.7 Å². The highest BCUT2D eigenvalue weighted by Gasteiger charge is 2.17. The SMILES string of the molecule is C#CCOc1cc(-n2c(=O)cc(F)n3ccnc23)c(F)cc1Cl. The van der Waals surface area contributed by atoms with Crippen LogP contribution in [-0.4, -0.2) is 20.6 Å². The molecule has 23 heavy (non-hydrogen) atoms. The van der Waals surface area contributed by atoms with E-state index in [0.717, 1.165) is 21.1 Å². The number of terminal acetylenes is 1. The molecule has 0 N–H and O–H groups in total. The van der Waals surface area contributed by atoms with Gasteiger partial charge in [-0.1, -0.05) is 17.5 Å². The molecule has 0 saturated heterocycles. The second-order valence-electron chi connectivity index (χ2n) is 4.46. The minimum Gasteiger partial charge on any atom is -0.479 e. The molecule has 0 aliphatic rings. The predicted molar refractivity (Wildman–Crippen MR) is 80.0 cm³/mol. The van der Waals surface area contributed by atoms with Gasteiger partial charge in [-0.05, 0) is 6.07 Å². The van der Waals surface area contributed by atoms with Crippen LogP contribution in [0.15, 0.2) is 35.4 Å². The van der Waals surface area contributed by atoms with E-state index in [0.29, 0.717) is 0 Å². The van der Waals surface area contributed by atoms with Crippen molar-refractivity contribution in [2.45, 2.75) is 0 Å². The maximum absolute atomic E-state index is 14.3. The third-order valence-corrected chi connectivity index (χ3v) is 3.36. The Kier molecular flexibility index (Phi) is 3.76. The first kappa shape index (κ1) is 15.1. The lowest BCUT2D eigenvalue weighted by Gasteiger charge is -2.12. The molecular formula is C15H8ClF2N3O2. The molecular weight excluding hydrogens is 328 g/mol. The molecule has 116 valence electrons. The number of rotatable bonds is 3. The van der Waals surface area contributed by atoms with Crippen LogP contribution in [0.5, 0.6) is 5.75 Å². The van der Waals surface area contributed by atoms with Crippen molar-refractivity contribution in [2.75, 3.05) is 6.61 Å². The van der Waals surface area contributed by atoms with E-state index < -0.39 is 17.3 Å². The van der Waals surface area contributed by atoms with Gasteiger partial charge in [-0.15, -0.1) is 6.42 Å². The highest BCUT2D eigenvalue weighted by atomic mass is 35.5. The van der Waals surface area contributed by atoms with E-state index in [4.69, 9.17) is 22.8 Å². The standard InChI is InChI=1S/C15H8ClF2N3O2/c1-2-5-23-12-7-11(10(17)6-9(12)16)21-14(22)8-13(18)20-4-3-19-15(20)21/h1,3-4,6-8H,5H2. The first-order valence-corrected chi connectivity index (χ1v) is 6.71. The van der Waals surface area contributed by atoms with Gasteiger partial charge in [-0.2, -0.15) is 4.39 Å². The number of benzene rings is 1. The fourth-order valence-corrected chi connectivity index (χ4v) is 2.31. The maximum atomic E-state index is 14.3. The topological polar surface area (TPSA) is 48.5 Å². The Bertz CT molecular complexity index is 1000. The Morgan fingerprint density at radius 3 is 2.87 bits per heavy atom. The summed E-state index contributed by atoms with van der Waals surface area (Å²) in [5.41, 5.74) is -0.965. The van der Waals surface area contributed by atoms with Gasteiger partial charge >= 0.3 is 0 Å². The fourth-order valence-electron chi connectivity index (χ4n) is 2.11. The summed E-state index contributed by atoms with van der Waals surface area (Å²) in [6.45, 7) is -0.0815. The molecule has 0 aliphatic carbocycles. The summed E-state index contributed by atoms with van der Waals surface area (Å²) in [7, 11) is 0. The molecule has 0 radical (unpaired) electrons. The number of hydrogen-bond donors (Lipinski definition) is 0. The Morgan fingerprint density at radius 1 is 1.35 bits per heavy atom. The summed E-state index contributed by atoms with van der Waals surface area (Å²) in [6.07, 6.45) is 7.70. The number of fused-ring (bicyclic) bond motifs is 1. The second kappa shape index (κ2) is 5.74. The lowest BCUT2D eigenvalue weighted by molar-refractivity contribution is 0.369. The highest BCUT2D eigenvalue weighted by molar-refractivity contribution is 6.32. The number of hydrogen-bond acceptors (Lipinski definition) is 3. The van der Waals surface area contributed by atoms with Crippen molar-refractivity contribution < 1.29 is 13.5 Å². The van der Waals surface area contributed by atoms with Crippen LogP contribution in [0.3, 0.4) is 0 Å². The molecule has 0 spiro atoms. The Labute approximate surface area is 133 Å². The van der Waals surface area contributed by atoms with Crippen molar-refractivity contribution >= 4 is 17.4 Å². The monoisotopic (exact) mass is 335 g/mol. The van der Waals surface area contributed by atoms with Gasteiger partial charge in [0.2, 0.25) is 11.7 Å². The first-order valence-electron chi connectivity index (χ1n) is 6.33. The molecule has 0 amide bonds. The average Bonchev–Trinajstić information content (AvgIpc) is 2.98. The average molecular weight is 336 g/mol. The second-order valence-corrected chi connectivity index (χ2v) is 4.87. The van der Waals surface area contributed by atoms with Crippen molar-refractivity contribution in [3.63, 3.8) is 0 Å². The molecule has 2 heterocycles. The van der Waals surface area contributed by atoms with Crippen LogP contribution in [0.2, 0.25) is 5.02 Å². The number of ether oxygens (including phenoxy) is 1. The van der Waals surface area contributed by atoms with Crippen LogP contribution >= 0.6 is 11.6 Å². The highest BCUT2D eigenvalue weighted by Crippen LogP contribution is 2.29. The molecule has 8 heteroatoms. The van der Waals surface area contributed by atoms with Gasteiger partial charge < -0.3 is 4.74 Å². The van der Waals surface area contributed by atoms with Gasteiger partial charge in [0.1, 0.15) is 18.2 Å². The maximum Gasteiger partial charge on any atom is 0.262 e. The minimum absolute atomic E-state index is 0.00368. The van der Waals surface area contributed by atoms with Crippen LogP contribution in [0.25, 0.3) is 11.5 Å². The molecule has 3 rings (SSSR count). The predicted octanol–water partition coefficient (Wildman–Crippen LogP) is 2.43. The molecule has 0 fully saturated rings. The number of nitrogens with zero attached hydrogens (tertiary/aromatic N) is 3. The Balaban J connectivity index is 2.29. The zero-order valence-corrected chi connectivity index (χ0v) is 12.2. The van der Waals surface area contributed by atoms with E-state index in [1.165, 1.54) is 18.5 Å². The molecule has 0 atom stereocenters. The largest absolute Gasteiger partial charge is 0.479 e. The summed E-state index contributed by atoms with van der Waals surface area (Å²) < 4.78 is 35.2. The van der Waals surface area contributed by atoms with Crippen molar-refractivity contribution in [2.24, 2.45) is 0 Å². The Morgan fingerprint density at radius 2 is 2.13 bits per heavy atom. The van der Waals surface area contributed by atoms with Gasteiger partial charge in [0.15, 0.2) is 0 Å². The summed E-state index contributed by atoms with van der Waals surface area (Å²) in [4.78, 5) is 16.0. The zero-order chi connectivity index (χ0) is 16.6. The van der Waals surface area contributed by atoms with Crippen LogP contribution in [0.4, 0.5) is 8.78 Å². The van der Waals surface area contributed by atoms with E-state index in [-0.39, 0.29) is 28.8 Å². The van der Waals surface area contributed by atoms with E-state index in [1.54, 1.807) is 0 Å². The minimum atomic E-state index is -0.808. The lowest BCUT2D eigenvalue weighted by Crippen LogP contribution is -2.22. The van der Waals surface area contributed by atoms with Crippen LogP contribution in [0, 0.1) is 24.1 Å². The van der Waals surface area contributed by atoms with Crippen molar-refractivity contribution in [1.82, 2.24) is 14.0 Å². The summed E-state index contributed by atoms with van der Waals surface area (Å²) in [5, 5.41) is -0.00368. The van der Waals surface area contributed by atoms with Crippen LogP contribution in [-0.2, 0) is 0 Å². The van der Waals surface area contributed by atoms with Gasteiger partial charge in [0.05, 0.1) is 16.8 Å². The van der Waals surface area contributed by atoms with Crippen molar-refractivity contribution in [1.29, 1.82) is 0 Å². The van der Waals surface area contributed by atoms with E-state index in [1.807, 2.05) is 0 Å². The van der Waals surface area contributed by atoms with Crippen molar-refractivity contribution in [3.8, 4) is 23.8 Å². The number of imidazole rings is 1. The normalized spacial score (nSPS) is 10.7. The third kappa shape index (κ3) is 2.53. The van der Waals surface area contributed by atoms with E-state index >= 15 is 0 Å². The zero-order valence-electron chi connectivity index (χ0n) is 11.5. The molecule has 5 nitrogen and oxygen atoms in total.